The Labute approximate surface area is 80.1 Å². The lowest BCUT2D eigenvalue weighted by atomic mass is 10.3. The number of hydroxylamine groups is 1. The van der Waals surface area contributed by atoms with Crippen molar-refractivity contribution in [2.24, 2.45) is 0 Å². The molecule has 0 amide bonds. The lowest BCUT2D eigenvalue weighted by Crippen LogP contribution is -2.13. The molecule has 3 nitrogen and oxygen atoms in total. The number of anilines is 1. The summed E-state index contributed by atoms with van der Waals surface area (Å²) in [5, 5.41) is 11.0. The zero-order valence-electron chi connectivity index (χ0n) is 6.77. The summed E-state index contributed by atoms with van der Waals surface area (Å²) >= 11 is 5.43. The summed E-state index contributed by atoms with van der Waals surface area (Å²) in [6, 6.07) is 9.24. The van der Waals surface area contributed by atoms with Crippen LogP contribution in [0.15, 0.2) is 34.7 Å². The van der Waals surface area contributed by atoms with Gasteiger partial charge in [-0.2, -0.15) is 0 Å². The van der Waals surface area contributed by atoms with Gasteiger partial charge in [-0.25, -0.2) is 5.06 Å². The van der Waals surface area contributed by atoms with Crippen molar-refractivity contribution in [3.8, 4) is 0 Å². The van der Waals surface area contributed by atoms with Crippen LogP contribution < -0.4 is 5.06 Å². The molecule has 0 unspecified atom stereocenters. The van der Waals surface area contributed by atoms with Gasteiger partial charge in [0, 0.05) is 11.5 Å². The monoisotopic (exact) mass is 197 g/mol. The molecule has 13 heavy (non-hydrogen) atoms. The quantitative estimate of drug-likeness (QED) is 0.457. The van der Waals surface area contributed by atoms with Crippen LogP contribution in [0.5, 0.6) is 0 Å². The first kappa shape index (κ1) is 8.41. The van der Waals surface area contributed by atoms with Gasteiger partial charge in [0.2, 0.25) is 5.88 Å². The van der Waals surface area contributed by atoms with Crippen LogP contribution in [0.1, 0.15) is 0 Å². The lowest BCUT2D eigenvalue weighted by Gasteiger charge is -2.06. The van der Waals surface area contributed by atoms with Gasteiger partial charge in [0.15, 0.2) is 0 Å². The fourth-order valence-electron chi connectivity index (χ4n) is 1.15. The number of hydrogen-bond acceptors (Lipinski definition) is 3. The van der Waals surface area contributed by atoms with Crippen LogP contribution in [0.25, 0.3) is 11.0 Å². The predicted octanol–water partition coefficient (Wildman–Crippen LogP) is 2.82. The molecular weight excluding hydrogens is 190 g/mol. The first-order chi connectivity index (χ1) is 6.31. The summed E-state index contributed by atoms with van der Waals surface area (Å²) in [6.07, 6.45) is 0. The molecule has 1 N–H and O–H groups in total. The van der Waals surface area contributed by atoms with Gasteiger partial charge >= 0.3 is 0 Å². The molecule has 2 rings (SSSR count). The second-order valence-corrected chi connectivity index (χ2v) is 2.88. The third-order valence-electron chi connectivity index (χ3n) is 1.78. The van der Waals surface area contributed by atoms with Crippen molar-refractivity contribution in [3.63, 3.8) is 0 Å². The summed E-state index contributed by atoms with van der Waals surface area (Å²) in [5.41, 5.74) is 0.738. The number of benzene rings is 1. The smallest absolute Gasteiger partial charge is 0.221 e. The molecule has 0 bridgehead atoms. The van der Waals surface area contributed by atoms with Crippen LogP contribution in [-0.2, 0) is 0 Å². The van der Waals surface area contributed by atoms with Crippen molar-refractivity contribution in [2.75, 3.05) is 11.1 Å². The highest BCUT2D eigenvalue weighted by Crippen LogP contribution is 2.24. The Kier molecular flexibility index (Phi) is 2.12. The van der Waals surface area contributed by atoms with Crippen molar-refractivity contribution < 1.29 is 9.62 Å². The van der Waals surface area contributed by atoms with Crippen molar-refractivity contribution >= 4 is 28.5 Å². The maximum absolute atomic E-state index is 9.24. The molecule has 0 aliphatic carbocycles. The van der Waals surface area contributed by atoms with E-state index in [1.54, 1.807) is 6.07 Å². The molecule has 68 valence electrons. The van der Waals surface area contributed by atoms with E-state index < -0.39 is 0 Å². The minimum atomic E-state index is -0.0141. The number of rotatable bonds is 2. The molecular formula is C9H8ClNO2. The maximum Gasteiger partial charge on any atom is 0.221 e. The lowest BCUT2D eigenvalue weighted by molar-refractivity contribution is 0.253. The summed E-state index contributed by atoms with van der Waals surface area (Å²) in [5.74, 6) is 0.358. The van der Waals surface area contributed by atoms with Crippen LogP contribution in [-0.4, -0.2) is 11.2 Å². The number of nitrogens with zero attached hydrogens (tertiary/aromatic N) is 1. The Morgan fingerprint density at radius 1 is 1.38 bits per heavy atom. The second kappa shape index (κ2) is 3.28. The number of furan rings is 1. The molecule has 0 saturated heterocycles. The zero-order chi connectivity index (χ0) is 9.26. The minimum Gasteiger partial charge on any atom is -0.438 e. The Morgan fingerprint density at radius 2 is 2.15 bits per heavy atom. The third kappa shape index (κ3) is 1.48. The molecule has 0 atom stereocenters. The van der Waals surface area contributed by atoms with E-state index >= 15 is 0 Å². The SMILES string of the molecule is ON(CCl)c1cc2ccccc2o1. The van der Waals surface area contributed by atoms with E-state index in [0.717, 1.165) is 16.0 Å². The average Bonchev–Trinajstić information content (AvgIpc) is 2.59. The largest absolute Gasteiger partial charge is 0.438 e. The van der Waals surface area contributed by atoms with Gasteiger partial charge in [0.25, 0.3) is 0 Å². The fourth-order valence-corrected chi connectivity index (χ4v) is 1.27. The minimum absolute atomic E-state index is 0.0141. The van der Waals surface area contributed by atoms with E-state index in [2.05, 4.69) is 0 Å². The number of alkyl halides is 1. The summed E-state index contributed by atoms with van der Waals surface area (Å²) in [6.45, 7) is 0. The van der Waals surface area contributed by atoms with Crippen molar-refractivity contribution in [3.05, 3.63) is 30.3 Å². The first-order valence-electron chi connectivity index (χ1n) is 3.82. The molecule has 2 aromatic rings. The molecule has 1 aromatic heterocycles. The van der Waals surface area contributed by atoms with E-state index in [0.29, 0.717) is 5.88 Å². The van der Waals surface area contributed by atoms with Gasteiger partial charge in [-0.3, -0.25) is 5.21 Å². The molecule has 0 aliphatic rings. The molecule has 0 spiro atoms. The Morgan fingerprint density at radius 3 is 2.85 bits per heavy atom. The van der Waals surface area contributed by atoms with E-state index in [4.69, 9.17) is 16.0 Å². The molecule has 0 saturated carbocycles. The van der Waals surface area contributed by atoms with Crippen LogP contribution in [0.2, 0.25) is 0 Å². The highest BCUT2D eigenvalue weighted by Gasteiger charge is 2.07. The van der Waals surface area contributed by atoms with Crippen LogP contribution in [0, 0.1) is 0 Å². The summed E-state index contributed by atoms with van der Waals surface area (Å²) in [7, 11) is 0. The second-order valence-electron chi connectivity index (χ2n) is 2.64. The average molecular weight is 198 g/mol. The normalized spacial score (nSPS) is 10.6. The highest BCUT2D eigenvalue weighted by molar-refractivity contribution is 6.18. The van der Waals surface area contributed by atoms with Gasteiger partial charge < -0.3 is 4.42 Å². The zero-order valence-corrected chi connectivity index (χ0v) is 7.53. The Hall–Kier alpha value is -1.19. The third-order valence-corrected chi connectivity index (χ3v) is 2.01. The van der Waals surface area contributed by atoms with Gasteiger partial charge in [-0.1, -0.05) is 18.2 Å². The van der Waals surface area contributed by atoms with Crippen LogP contribution >= 0.6 is 11.6 Å². The first-order valence-corrected chi connectivity index (χ1v) is 4.35. The van der Waals surface area contributed by atoms with E-state index in [9.17, 15) is 5.21 Å². The molecule has 0 radical (unpaired) electrons. The number of fused-ring (bicyclic) bond motifs is 1. The molecule has 1 heterocycles. The molecule has 0 fully saturated rings. The van der Waals surface area contributed by atoms with Crippen molar-refractivity contribution in [2.45, 2.75) is 0 Å². The van der Waals surface area contributed by atoms with Crippen molar-refractivity contribution in [1.82, 2.24) is 0 Å². The predicted molar refractivity (Wildman–Crippen MR) is 51.2 cm³/mol. The molecule has 4 heteroatoms. The standard InChI is InChI=1S/C9H8ClNO2/c10-6-11(12)9-5-7-3-1-2-4-8(7)13-9/h1-5,12H,6H2. The Balaban J connectivity index is 2.49. The summed E-state index contributed by atoms with van der Waals surface area (Å²) < 4.78 is 5.31. The molecule has 0 aliphatic heterocycles. The van der Waals surface area contributed by atoms with Gasteiger partial charge in [0.05, 0.1) is 0 Å². The highest BCUT2D eigenvalue weighted by atomic mass is 35.5. The Bertz CT molecular complexity index is 380. The van der Waals surface area contributed by atoms with Gasteiger partial charge in [-0.15, -0.1) is 11.6 Å². The van der Waals surface area contributed by atoms with Crippen molar-refractivity contribution in [1.29, 1.82) is 0 Å². The van der Waals surface area contributed by atoms with Gasteiger partial charge in [-0.05, 0) is 6.07 Å². The van der Waals surface area contributed by atoms with E-state index in [-0.39, 0.29) is 6.00 Å². The van der Waals surface area contributed by atoms with Gasteiger partial charge in [0.1, 0.15) is 11.6 Å². The number of para-hydroxylation sites is 1. The van der Waals surface area contributed by atoms with E-state index in [1.165, 1.54) is 0 Å². The number of hydrogen-bond donors (Lipinski definition) is 1. The van der Waals surface area contributed by atoms with Crippen LogP contribution in [0.4, 0.5) is 5.88 Å². The molecule has 1 aromatic carbocycles. The maximum atomic E-state index is 9.24. The summed E-state index contributed by atoms with van der Waals surface area (Å²) in [4.78, 5) is 0. The topological polar surface area (TPSA) is 36.6 Å². The van der Waals surface area contributed by atoms with E-state index in [1.807, 2.05) is 24.3 Å². The number of halogens is 1. The fraction of sp³-hybridized carbons (Fsp3) is 0.111. The van der Waals surface area contributed by atoms with Crippen LogP contribution in [0.3, 0.4) is 0 Å².